The van der Waals surface area contributed by atoms with Crippen LogP contribution in [0.2, 0.25) is 0 Å². The van der Waals surface area contributed by atoms with E-state index in [4.69, 9.17) is 9.97 Å². The Morgan fingerprint density at radius 3 is 3.06 bits per heavy atom. The monoisotopic (exact) mass is 250 g/mol. The fourth-order valence-electron chi connectivity index (χ4n) is 2.47. The molecule has 1 saturated heterocycles. The Morgan fingerprint density at radius 1 is 1.35 bits per heavy atom. The maximum Gasteiger partial charge on any atom is 0.146 e. The van der Waals surface area contributed by atoms with E-state index in [9.17, 15) is 0 Å². The first-order valence-corrected chi connectivity index (χ1v) is 7.26. The maximum atomic E-state index is 4.76. The molecule has 1 aromatic heterocycles. The summed E-state index contributed by atoms with van der Waals surface area (Å²) in [6.07, 6.45) is 0. The van der Waals surface area contributed by atoms with E-state index in [1.807, 2.05) is 11.8 Å². The number of hydrogen-bond acceptors (Lipinski definition) is 5. The van der Waals surface area contributed by atoms with Gasteiger partial charge in [0.05, 0.1) is 11.7 Å². The normalized spacial score (nSPS) is 24.9. The molecule has 1 fully saturated rings. The molecule has 4 nitrogen and oxygen atoms in total. The molecule has 0 aromatic carbocycles. The van der Waals surface area contributed by atoms with Crippen LogP contribution in [-0.4, -0.2) is 40.0 Å². The topological polar surface area (TPSA) is 41.1 Å². The SMILES string of the molecule is Cc1nc(C2CSCCN2C)nc2c1CNC2. The van der Waals surface area contributed by atoms with E-state index in [0.717, 1.165) is 36.9 Å². The third-order valence-corrected chi connectivity index (χ3v) is 4.63. The summed E-state index contributed by atoms with van der Waals surface area (Å²) in [5.74, 6) is 3.35. The highest BCUT2D eigenvalue weighted by molar-refractivity contribution is 7.99. The molecule has 2 aliphatic heterocycles. The summed E-state index contributed by atoms with van der Waals surface area (Å²) in [6.45, 7) is 5.06. The molecule has 5 heteroatoms. The second-order valence-electron chi connectivity index (χ2n) is 4.77. The average molecular weight is 250 g/mol. The highest BCUT2D eigenvalue weighted by Crippen LogP contribution is 2.27. The van der Waals surface area contributed by atoms with Gasteiger partial charge in [-0.05, 0) is 14.0 Å². The van der Waals surface area contributed by atoms with Gasteiger partial charge in [0.15, 0.2) is 0 Å². The van der Waals surface area contributed by atoms with E-state index < -0.39 is 0 Å². The van der Waals surface area contributed by atoms with Crippen LogP contribution in [0.1, 0.15) is 28.8 Å². The van der Waals surface area contributed by atoms with Crippen LogP contribution in [0.15, 0.2) is 0 Å². The minimum absolute atomic E-state index is 0.387. The summed E-state index contributed by atoms with van der Waals surface area (Å²) in [4.78, 5) is 11.8. The van der Waals surface area contributed by atoms with Gasteiger partial charge in [-0.1, -0.05) is 0 Å². The molecule has 3 heterocycles. The molecule has 0 aliphatic carbocycles. The molecule has 2 aliphatic rings. The van der Waals surface area contributed by atoms with Gasteiger partial charge in [0.25, 0.3) is 0 Å². The van der Waals surface area contributed by atoms with E-state index in [-0.39, 0.29) is 0 Å². The lowest BCUT2D eigenvalue weighted by Gasteiger charge is -2.31. The zero-order valence-corrected chi connectivity index (χ0v) is 11.2. The number of hydrogen-bond donors (Lipinski definition) is 1. The minimum atomic E-state index is 0.387. The maximum absolute atomic E-state index is 4.76. The molecule has 92 valence electrons. The highest BCUT2D eigenvalue weighted by atomic mass is 32.2. The van der Waals surface area contributed by atoms with E-state index in [1.165, 1.54) is 17.0 Å². The summed E-state index contributed by atoms with van der Waals surface area (Å²) in [6, 6.07) is 0.387. The molecule has 1 N–H and O–H groups in total. The Bertz CT molecular complexity index is 435. The smallest absolute Gasteiger partial charge is 0.146 e. The van der Waals surface area contributed by atoms with Gasteiger partial charge in [-0.3, -0.25) is 4.90 Å². The van der Waals surface area contributed by atoms with Gasteiger partial charge in [-0.2, -0.15) is 11.8 Å². The Labute approximate surface area is 106 Å². The Hall–Kier alpha value is -0.650. The Balaban J connectivity index is 1.95. The van der Waals surface area contributed by atoms with Crippen molar-refractivity contribution in [3.05, 3.63) is 22.8 Å². The van der Waals surface area contributed by atoms with Crippen molar-refractivity contribution in [1.29, 1.82) is 0 Å². The van der Waals surface area contributed by atoms with Gasteiger partial charge >= 0.3 is 0 Å². The van der Waals surface area contributed by atoms with Crippen molar-refractivity contribution in [3.8, 4) is 0 Å². The van der Waals surface area contributed by atoms with Gasteiger partial charge in [-0.15, -0.1) is 0 Å². The number of aryl methyl sites for hydroxylation is 1. The van der Waals surface area contributed by atoms with Crippen LogP contribution < -0.4 is 5.32 Å². The highest BCUT2D eigenvalue weighted by Gasteiger charge is 2.26. The fraction of sp³-hybridized carbons (Fsp3) is 0.667. The zero-order valence-electron chi connectivity index (χ0n) is 10.4. The summed E-state index contributed by atoms with van der Waals surface area (Å²) in [5.41, 5.74) is 3.66. The van der Waals surface area contributed by atoms with Gasteiger partial charge in [-0.25, -0.2) is 9.97 Å². The fourth-order valence-corrected chi connectivity index (χ4v) is 3.68. The third-order valence-electron chi connectivity index (χ3n) is 3.61. The predicted molar refractivity (Wildman–Crippen MR) is 70.0 cm³/mol. The number of aromatic nitrogens is 2. The first-order chi connectivity index (χ1) is 8.25. The number of fused-ring (bicyclic) bond motifs is 1. The van der Waals surface area contributed by atoms with E-state index in [2.05, 4.69) is 24.2 Å². The molecule has 3 rings (SSSR count). The molecule has 0 bridgehead atoms. The molecule has 0 radical (unpaired) electrons. The third kappa shape index (κ3) is 2.07. The molecule has 1 aromatic rings. The number of thioether (sulfide) groups is 1. The van der Waals surface area contributed by atoms with Crippen LogP contribution in [-0.2, 0) is 13.1 Å². The summed E-state index contributed by atoms with van der Waals surface area (Å²) >= 11 is 2.00. The van der Waals surface area contributed by atoms with E-state index >= 15 is 0 Å². The van der Waals surface area contributed by atoms with Gasteiger partial charge < -0.3 is 5.32 Å². The van der Waals surface area contributed by atoms with Gasteiger partial charge in [0, 0.05) is 42.4 Å². The quantitative estimate of drug-likeness (QED) is 0.808. The first kappa shape index (κ1) is 11.4. The van der Waals surface area contributed by atoms with E-state index in [0.29, 0.717) is 6.04 Å². The molecule has 0 amide bonds. The van der Waals surface area contributed by atoms with Crippen molar-refractivity contribution < 1.29 is 0 Å². The number of nitrogens with zero attached hydrogens (tertiary/aromatic N) is 3. The molecular formula is C12H18N4S. The van der Waals surface area contributed by atoms with Crippen LogP contribution in [0.5, 0.6) is 0 Å². The Morgan fingerprint density at radius 2 is 2.24 bits per heavy atom. The van der Waals surface area contributed by atoms with Crippen molar-refractivity contribution in [2.45, 2.75) is 26.1 Å². The van der Waals surface area contributed by atoms with Crippen molar-refractivity contribution in [2.75, 3.05) is 25.1 Å². The van der Waals surface area contributed by atoms with Crippen molar-refractivity contribution in [3.63, 3.8) is 0 Å². The molecular weight excluding hydrogens is 232 g/mol. The average Bonchev–Trinajstić information content (AvgIpc) is 2.78. The lowest BCUT2D eigenvalue weighted by molar-refractivity contribution is 0.264. The lowest BCUT2D eigenvalue weighted by atomic mass is 10.2. The van der Waals surface area contributed by atoms with Gasteiger partial charge in [0.1, 0.15) is 5.82 Å². The van der Waals surface area contributed by atoms with Gasteiger partial charge in [0.2, 0.25) is 0 Å². The molecule has 0 saturated carbocycles. The van der Waals surface area contributed by atoms with Crippen molar-refractivity contribution in [2.24, 2.45) is 0 Å². The minimum Gasteiger partial charge on any atom is -0.307 e. The largest absolute Gasteiger partial charge is 0.307 e. The molecule has 1 atom stereocenters. The summed E-state index contributed by atoms with van der Waals surface area (Å²) in [5, 5.41) is 3.35. The Kier molecular flexibility index (Phi) is 3.06. The first-order valence-electron chi connectivity index (χ1n) is 6.10. The van der Waals surface area contributed by atoms with Crippen LogP contribution in [0.25, 0.3) is 0 Å². The van der Waals surface area contributed by atoms with Crippen molar-refractivity contribution >= 4 is 11.8 Å². The summed E-state index contributed by atoms with van der Waals surface area (Å²) < 4.78 is 0. The van der Waals surface area contributed by atoms with Crippen LogP contribution in [0.3, 0.4) is 0 Å². The molecule has 0 spiro atoms. The second-order valence-corrected chi connectivity index (χ2v) is 5.92. The van der Waals surface area contributed by atoms with Crippen LogP contribution in [0, 0.1) is 6.92 Å². The summed E-state index contributed by atoms with van der Waals surface area (Å²) in [7, 11) is 2.18. The molecule has 17 heavy (non-hydrogen) atoms. The van der Waals surface area contributed by atoms with Crippen molar-refractivity contribution in [1.82, 2.24) is 20.2 Å². The predicted octanol–water partition coefficient (Wildman–Crippen LogP) is 1.11. The standard InChI is InChI=1S/C12H18N4S/c1-8-9-5-13-6-10(9)15-12(14-8)11-7-17-4-3-16(11)2/h11,13H,3-7H2,1-2H3. The zero-order chi connectivity index (χ0) is 11.8. The number of rotatable bonds is 1. The lowest BCUT2D eigenvalue weighted by Crippen LogP contribution is -2.34. The second kappa shape index (κ2) is 4.55. The molecule has 1 unspecified atom stereocenters. The van der Waals surface area contributed by atoms with Crippen LogP contribution >= 0.6 is 11.8 Å². The van der Waals surface area contributed by atoms with E-state index in [1.54, 1.807) is 0 Å². The van der Waals surface area contributed by atoms with Crippen LogP contribution in [0.4, 0.5) is 0 Å². The number of nitrogens with one attached hydrogen (secondary N) is 1.